The molecule has 32 heavy (non-hydrogen) atoms. The lowest BCUT2D eigenvalue weighted by Crippen LogP contribution is -2.55. The Bertz CT molecular complexity index is 1160. The molecule has 2 unspecified atom stereocenters. The molecule has 7 nitrogen and oxygen atoms in total. The molecule has 3 aliphatic rings. The third-order valence-electron chi connectivity index (χ3n) is 6.18. The molecule has 2 aromatic rings. The molecule has 2 aliphatic heterocycles. The van der Waals surface area contributed by atoms with E-state index in [-0.39, 0.29) is 23.6 Å². The second kappa shape index (κ2) is 7.47. The van der Waals surface area contributed by atoms with Crippen LogP contribution in [0.5, 0.6) is 0 Å². The molecule has 1 saturated heterocycles. The maximum absolute atomic E-state index is 12.8. The number of alkyl halides is 3. The van der Waals surface area contributed by atoms with Crippen LogP contribution in [0.3, 0.4) is 0 Å². The highest BCUT2D eigenvalue weighted by molar-refractivity contribution is 5.84. The fourth-order valence-electron chi connectivity index (χ4n) is 4.67. The number of halogens is 3. The van der Waals surface area contributed by atoms with E-state index >= 15 is 0 Å². The number of nitrogens with zero attached hydrogens (tertiary/aromatic N) is 4. The number of amides is 1. The van der Waals surface area contributed by atoms with Gasteiger partial charge in [0, 0.05) is 26.1 Å². The van der Waals surface area contributed by atoms with Crippen molar-refractivity contribution in [3.05, 3.63) is 34.4 Å². The molecular weight excluding hydrogens is 425 g/mol. The smallest absolute Gasteiger partial charge is 0.376 e. The standard InChI is InChI=1S/C22H27F3N4O3/c1-21(2,3)11-29-16-8-7-15(26-18(16)27(4)20(29)32)14-9-13-6-5-12(14)10-28(13)19(31)17(30)22(23,24)25/h7-9,12-13,17,30H,5-6,10-11H2,1-4H3/t12?,13?,17-/m0/s1. The number of piperidine rings is 1. The number of aliphatic hydroxyl groups excluding tert-OH is 1. The number of carbonyl (C=O) groups excluding carboxylic acids is 1. The topological polar surface area (TPSA) is 80.4 Å². The van der Waals surface area contributed by atoms with Crippen LogP contribution >= 0.6 is 0 Å². The Hall–Kier alpha value is -2.62. The van der Waals surface area contributed by atoms with Crippen LogP contribution in [0.1, 0.15) is 39.3 Å². The van der Waals surface area contributed by atoms with E-state index in [1.807, 2.05) is 32.9 Å². The van der Waals surface area contributed by atoms with Gasteiger partial charge in [0.25, 0.3) is 5.91 Å². The molecule has 0 aromatic carbocycles. The maximum Gasteiger partial charge on any atom is 0.423 e. The molecule has 1 amide bonds. The molecule has 0 spiro atoms. The van der Waals surface area contributed by atoms with Gasteiger partial charge in [0.1, 0.15) is 0 Å². The molecule has 1 fully saturated rings. The lowest BCUT2D eigenvalue weighted by molar-refractivity contribution is -0.212. The number of rotatable bonds is 3. The second-order valence-electron chi connectivity index (χ2n) is 9.93. The van der Waals surface area contributed by atoms with Crippen molar-refractivity contribution in [1.29, 1.82) is 0 Å². The predicted octanol–water partition coefficient (Wildman–Crippen LogP) is 2.71. The number of hydrogen-bond acceptors (Lipinski definition) is 4. The SMILES string of the molecule is Cn1c(=O)n(CC(C)(C)C)c2ccc(C3=CC4CCC3CN4C(=O)[C@H](O)C(F)(F)F)nc21. The molecule has 2 aromatic heterocycles. The van der Waals surface area contributed by atoms with Gasteiger partial charge in [0.15, 0.2) is 5.65 Å². The van der Waals surface area contributed by atoms with Gasteiger partial charge in [-0.25, -0.2) is 9.78 Å². The Kier molecular flexibility index (Phi) is 5.27. The van der Waals surface area contributed by atoms with Crippen molar-refractivity contribution in [1.82, 2.24) is 19.0 Å². The Labute approximate surface area is 183 Å². The molecule has 2 bridgehead atoms. The number of aromatic nitrogens is 3. The van der Waals surface area contributed by atoms with Crippen molar-refractivity contribution in [2.45, 2.75) is 58.5 Å². The first-order valence-electron chi connectivity index (χ1n) is 10.6. The van der Waals surface area contributed by atoms with Crippen molar-refractivity contribution < 1.29 is 23.1 Å². The number of carbonyl (C=O) groups is 1. The van der Waals surface area contributed by atoms with Crippen molar-refractivity contribution >= 4 is 22.6 Å². The maximum atomic E-state index is 12.8. The van der Waals surface area contributed by atoms with Gasteiger partial charge < -0.3 is 10.0 Å². The number of hydrogen-bond donors (Lipinski definition) is 1. The van der Waals surface area contributed by atoms with Crippen LogP contribution in [0.4, 0.5) is 13.2 Å². The molecular formula is C22H27F3N4O3. The summed E-state index contributed by atoms with van der Waals surface area (Å²) < 4.78 is 41.6. The normalized spacial score (nSPS) is 22.4. The van der Waals surface area contributed by atoms with Gasteiger partial charge in [-0.2, -0.15) is 13.2 Å². The zero-order valence-corrected chi connectivity index (χ0v) is 18.5. The molecule has 3 atom stereocenters. The van der Waals surface area contributed by atoms with E-state index in [0.29, 0.717) is 30.7 Å². The summed E-state index contributed by atoms with van der Waals surface area (Å²) in [6.45, 7) is 6.79. The van der Waals surface area contributed by atoms with Crippen LogP contribution in [0, 0.1) is 11.3 Å². The fourth-order valence-corrected chi connectivity index (χ4v) is 4.67. The van der Waals surface area contributed by atoms with Crippen LogP contribution in [-0.2, 0) is 18.4 Å². The van der Waals surface area contributed by atoms with Crippen molar-refractivity contribution in [3.63, 3.8) is 0 Å². The van der Waals surface area contributed by atoms with E-state index in [4.69, 9.17) is 4.98 Å². The van der Waals surface area contributed by atoms with Crippen molar-refractivity contribution in [2.24, 2.45) is 18.4 Å². The number of aliphatic hydroxyl groups is 1. The summed E-state index contributed by atoms with van der Waals surface area (Å²) >= 11 is 0. The van der Waals surface area contributed by atoms with E-state index < -0.39 is 24.2 Å². The average molecular weight is 452 g/mol. The van der Waals surface area contributed by atoms with Crippen LogP contribution < -0.4 is 5.69 Å². The van der Waals surface area contributed by atoms with E-state index in [2.05, 4.69) is 0 Å². The molecule has 4 heterocycles. The van der Waals surface area contributed by atoms with Crippen LogP contribution in [0.25, 0.3) is 16.7 Å². The summed E-state index contributed by atoms with van der Waals surface area (Å²) in [5.74, 6) is -1.49. The van der Waals surface area contributed by atoms with Crippen LogP contribution in [0.15, 0.2) is 23.0 Å². The van der Waals surface area contributed by atoms with Gasteiger partial charge in [-0.3, -0.25) is 13.9 Å². The molecule has 5 rings (SSSR count). The third-order valence-corrected chi connectivity index (χ3v) is 6.18. The quantitative estimate of drug-likeness (QED) is 0.777. The minimum absolute atomic E-state index is 0.0984. The van der Waals surface area contributed by atoms with Gasteiger partial charge in [-0.15, -0.1) is 0 Å². The predicted molar refractivity (Wildman–Crippen MR) is 113 cm³/mol. The number of fused-ring (bicyclic) bond motifs is 3. The highest BCUT2D eigenvalue weighted by Crippen LogP contribution is 2.40. The average Bonchev–Trinajstić information content (AvgIpc) is 2.95. The lowest BCUT2D eigenvalue weighted by atomic mass is 9.78. The Morgan fingerprint density at radius 2 is 1.94 bits per heavy atom. The van der Waals surface area contributed by atoms with E-state index in [1.54, 1.807) is 17.7 Å². The minimum Gasteiger partial charge on any atom is -0.376 e. The van der Waals surface area contributed by atoms with E-state index in [9.17, 15) is 27.9 Å². The summed E-state index contributed by atoms with van der Waals surface area (Å²) in [4.78, 5) is 30.8. The van der Waals surface area contributed by atoms with Gasteiger partial charge in [0.2, 0.25) is 6.10 Å². The summed E-state index contributed by atoms with van der Waals surface area (Å²) in [7, 11) is 1.67. The van der Waals surface area contributed by atoms with E-state index in [1.165, 1.54) is 4.57 Å². The third kappa shape index (κ3) is 3.85. The summed E-state index contributed by atoms with van der Waals surface area (Å²) in [6.07, 6.45) is -4.97. The Balaban J connectivity index is 1.68. The van der Waals surface area contributed by atoms with Crippen LogP contribution in [0.2, 0.25) is 0 Å². The first-order chi connectivity index (χ1) is 14.8. The summed E-state index contributed by atoms with van der Waals surface area (Å²) in [5, 5.41) is 9.39. The minimum atomic E-state index is -4.99. The van der Waals surface area contributed by atoms with Crippen molar-refractivity contribution in [2.75, 3.05) is 6.54 Å². The molecule has 10 heteroatoms. The molecule has 0 radical (unpaired) electrons. The largest absolute Gasteiger partial charge is 0.423 e. The Morgan fingerprint density at radius 1 is 1.25 bits per heavy atom. The van der Waals surface area contributed by atoms with Gasteiger partial charge in [-0.05, 0) is 36.0 Å². The van der Waals surface area contributed by atoms with Gasteiger partial charge in [-0.1, -0.05) is 26.8 Å². The first kappa shape index (κ1) is 22.6. The van der Waals surface area contributed by atoms with Gasteiger partial charge in [0.05, 0.1) is 17.3 Å². The van der Waals surface area contributed by atoms with Crippen LogP contribution in [-0.4, -0.2) is 54.9 Å². The summed E-state index contributed by atoms with van der Waals surface area (Å²) in [5.41, 5.74) is 2.53. The molecule has 1 N–H and O–H groups in total. The first-order valence-corrected chi connectivity index (χ1v) is 10.6. The number of pyridine rings is 1. The molecule has 174 valence electrons. The molecule has 1 aliphatic carbocycles. The fraction of sp³-hybridized carbons (Fsp3) is 0.591. The molecule has 0 saturated carbocycles. The highest BCUT2D eigenvalue weighted by atomic mass is 19.4. The van der Waals surface area contributed by atoms with Gasteiger partial charge >= 0.3 is 11.9 Å². The number of imidazole rings is 1. The van der Waals surface area contributed by atoms with E-state index in [0.717, 1.165) is 16.0 Å². The number of aryl methyl sites for hydroxylation is 1. The zero-order chi connectivity index (χ0) is 23.6. The lowest BCUT2D eigenvalue weighted by Gasteiger charge is -2.45. The highest BCUT2D eigenvalue weighted by Gasteiger charge is 2.48. The monoisotopic (exact) mass is 452 g/mol. The van der Waals surface area contributed by atoms with Crippen molar-refractivity contribution in [3.8, 4) is 0 Å². The zero-order valence-electron chi connectivity index (χ0n) is 18.5. The Morgan fingerprint density at radius 3 is 2.50 bits per heavy atom. The second-order valence-corrected chi connectivity index (χ2v) is 9.93. The summed E-state index contributed by atoms with van der Waals surface area (Å²) in [6, 6.07) is 3.15.